The Morgan fingerprint density at radius 1 is 1.11 bits per heavy atom. The van der Waals surface area contributed by atoms with Crippen LogP contribution in [0.25, 0.3) is 0 Å². The molecular weight excluding hydrogens is 464 g/mol. The largest absolute Gasteiger partial charge is 0.468 e. The van der Waals surface area contributed by atoms with Crippen molar-refractivity contribution in [1.82, 2.24) is 15.5 Å². The lowest BCUT2D eigenvalue weighted by Gasteiger charge is -2.34. The smallest absolute Gasteiger partial charge is 0.408 e. The van der Waals surface area contributed by atoms with Crippen LogP contribution in [-0.4, -0.2) is 60.6 Å². The summed E-state index contributed by atoms with van der Waals surface area (Å²) in [6.45, 7) is 11.6. The van der Waals surface area contributed by atoms with Gasteiger partial charge in [-0.15, -0.1) is 0 Å². The highest BCUT2D eigenvalue weighted by Crippen LogP contribution is 2.26. The van der Waals surface area contributed by atoms with E-state index in [0.717, 1.165) is 16.0 Å². The van der Waals surface area contributed by atoms with E-state index in [0.29, 0.717) is 12.0 Å². The summed E-state index contributed by atoms with van der Waals surface area (Å²) < 4.78 is 9.94. The highest BCUT2D eigenvalue weighted by molar-refractivity contribution is 5.93. The number of alkyl carbamates (subject to hydrolysis) is 1. The average Bonchev–Trinajstić information content (AvgIpc) is 2.77. The molecule has 10 nitrogen and oxygen atoms in total. The van der Waals surface area contributed by atoms with Gasteiger partial charge in [0, 0.05) is 0 Å². The summed E-state index contributed by atoms with van der Waals surface area (Å²) in [6, 6.07) is 5.06. The predicted molar refractivity (Wildman–Crippen MR) is 134 cm³/mol. The number of esters is 1. The second kappa shape index (κ2) is 13.5. The third-order valence-corrected chi connectivity index (χ3v) is 5.43. The van der Waals surface area contributed by atoms with Crippen LogP contribution in [0.3, 0.4) is 0 Å². The van der Waals surface area contributed by atoms with Crippen molar-refractivity contribution in [2.24, 2.45) is 5.92 Å². The van der Waals surface area contributed by atoms with Gasteiger partial charge in [0.2, 0.25) is 11.8 Å². The number of methoxy groups -OCH3 is 1. The predicted octanol–water partition coefficient (Wildman–Crippen LogP) is 2.93. The molecule has 2 N–H and O–H groups in total. The van der Waals surface area contributed by atoms with Crippen molar-refractivity contribution >= 4 is 23.9 Å². The summed E-state index contributed by atoms with van der Waals surface area (Å²) in [5, 5.41) is 14.7. The molecule has 1 rings (SSSR count). The zero-order chi connectivity index (χ0) is 27.6. The summed E-state index contributed by atoms with van der Waals surface area (Å²) in [7, 11) is 1.19. The summed E-state index contributed by atoms with van der Waals surface area (Å²) in [6.07, 6.45) is -0.244. The molecule has 3 atom stereocenters. The van der Waals surface area contributed by atoms with Crippen LogP contribution in [0.15, 0.2) is 18.2 Å². The molecule has 0 saturated carbocycles. The third-order valence-electron chi connectivity index (χ3n) is 5.43. The molecule has 3 amide bonds. The van der Waals surface area contributed by atoms with Gasteiger partial charge < -0.3 is 25.0 Å². The quantitative estimate of drug-likeness (QED) is 0.371. The van der Waals surface area contributed by atoms with Crippen LogP contribution < -0.4 is 10.6 Å². The van der Waals surface area contributed by atoms with Crippen molar-refractivity contribution in [3.05, 3.63) is 34.9 Å². The van der Waals surface area contributed by atoms with E-state index in [1.165, 1.54) is 7.11 Å². The van der Waals surface area contributed by atoms with Crippen LogP contribution in [-0.2, 0) is 23.9 Å². The maximum absolute atomic E-state index is 13.9. The first-order valence-electron chi connectivity index (χ1n) is 11.8. The SMILES string of the molecule is CCC(C)C(NC(=O)OC(C)(C)C)C(=O)N(CC#N)C(C(=O)NCC(=O)OC)c1cc(C)cc(C)c1. The van der Waals surface area contributed by atoms with Crippen molar-refractivity contribution in [2.75, 3.05) is 20.2 Å². The van der Waals surface area contributed by atoms with E-state index in [9.17, 15) is 24.4 Å². The minimum absolute atomic E-state index is 0.329. The molecule has 0 bridgehead atoms. The molecule has 0 saturated heterocycles. The van der Waals surface area contributed by atoms with Gasteiger partial charge in [-0.2, -0.15) is 5.26 Å². The standard InChI is InChI=1S/C26H38N4O6/c1-9-18(4)21(29-25(34)36-26(5,6)7)24(33)30(11-10-27)22(23(32)28-15-20(31)35-8)19-13-16(2)12-17(3)14-19/h12-14,18,21-22H,9,11,15H2,1-8H3,(H,28,32)(H,29,34). The zero-order valence-corrected chi connectivity index (χ0v) is 22.4. The summed E-state index contributed by atoms with van der Waals surface area (Å²) >= 11 is 0. The van der Waals surface area contributed by atoms with Gasteiger partial charge in [-0.25, -0.2) is 4.79 Å². The molecule has 1 aromatic carbocycles. The van der Waals surface area contributed by atoms with Gasteiger partial charge in [0.15, 0.2) is 0 Å². The number of hydrogen-bond acceptors (Lipinski definition) is 7. The van der Waals surface area contributed by atoms with Gasteiger partial charge in [0.05, 0.1) is 13.2 Å². The van der Waals surface area contributed by atoms with E-state index in [2.05, 4.69) is 15.4 Å². The van der Waals surface area contributed by atoms with Crippen LogP contribution in [0.1, 0.15) is 63.8 Å². The summed E-state index contributed by atoms with van der Waals surface area (Å²) in [4.78, 5) is 52.5. The topological polar surface area (TPSA) is 138 Å². The van der Waals surface area contributed by atoms with Crippen molar-refractivity contribution < 1.29 is 28.7 Å². The van der Waals surface area contributed by atoms with Crippen LogP contribution >= 0.6 is 0 Å². The normalized spacial score (nSPS) is 13.4. The van der Waals surface area contributed by atoms with Gasteiger partial charge in [0.25, 0.3) is 0 Å². The van der Waals surface area contributed by atoms with Gasteiger partial charge >= 0.3 is 12.1 Å². The van der Waals surface area contributed by atoms with Crippen molar-refractivity contribution in [1.29, 1.82) is 5.26 Å². The number of hydrogen-bond donors (Lipinski definition) is 2. The molecule has 0 spiro atoms. The number of rotatable bonds is 10. The molecule has 198 valence electrons. The molecule has 1 aromatic rings. The van der Waals surface area contributed by atoms with E-state index >= 15 is 0 Å². The molecule has 10 heteroatoms. The molecule has 36 heavy (non-hydrogen) atoms. The first-order valence-corrected chi connectivity index (χ1v) is 11.8. The molecule has 0 heterocycles. The molecule has 0 aliphatic heterocycles. The van der Waals surface area contributed by atoms with E-state index in [1.54, 1.807) is 39.8 Å². The van der Waals surface area contributed by atoms with Crippen LogP contribution in [0.5, 0.6) is 0 Å². The minimum atomic E-state index is -1.23. The number of carbonyl (C=O) groups excluding carboxylic acids is 4. The number of benzene rings is 1. The number of nitriles is 1. The van der Waals surface area contributed by atoms with Crippen molar-refractivity contribution in [3.63, 3.8) is 0 Å². The minimum Gasteiger partial charge on any atom is -0.468 e. The molecule has 0 aromatic heterocycles. The van der Waals surface area contributed by atoms with Gasteiger partial charge in [0.1, 0.15) is 30.8 Å². The monoisotopic (exact) mass is 502 g/mol. The number of nitrogens with one attached hydrogen (secondary N) is 2. The van der Waals surface area contributed by atoms with Crippen LogP contribution in [0.4, 0.5) is 4.79 Å². The van der Waals surface area contributed by atoms with Gasteiger partial charge in [-0.1, -0.05) is 49.6 Å². The van der Waals surface area contributed by atoms with E-state index in [4.69, 9.17) is 4.74 Å². The maximum atomic E-state index is 13.9. The first-order chi connectivity index (χ1) is 16.7. The third kappa shape index (κ3) is 9.21. The maximum Gasteiger partial charge on any atom is 0.408 e. The Labute approximate surface area is 213 Å². The second-order valence-corrected chi connectivity index (χ2v) is 9.75. The Hall–Kier alpha value is -3.61. The van der Waals surface area contributed by atoms with Crippen molar-refractivity contribution in [3.8, 4) is 6.07 Å². The van der Waals surface area contributed by atoms with Crippen molar-refractivity contribution in [2.45, 2.75) is 72.6 Å². The van der Waals surface area contributed by atoms with E-state index < -0.39 is 54.7 Å². The molecule has 0 fully saturated rings. The first kappa shape index (κ1) is 30.4. The molecule has 0 aliphatic rings. The lowest BCUT2D eigenvalue weighted by molar-refractivity contribution is -0.144. The number of aryl methyl sites for hydroxylation is 2. The number of carbonyl (C=O) groups is 4. The highest BCUT2D eigenvalue weighted by atomic mass is 16.6. The Morgan fingerprint density at radius 3 is 2.17 bits per heavy atom. The number of nitrogens with zero attached hydrogens (tertiary/aromatic N) is 2. The Bertz CT molecular complexity index is 975. The van der Waals surface area contributed by atoms with E-state index in [1.807, 2.05) is 32.9 Å². The molecule has 3 unspecified atom stereocenters. The zero-order valence-electron chi connectivity index (χ0n) is 22.4. The Morgan fingerprint density at radius 2 is 1.69 bits per heavy atom. The summed E-state index contributed by atoms with van der Waals surface area (Å²) in [5.74, 6) is -2.27. The Kier molecular flexibility index (Phi) is 11.4. The van der Waals surface area contributed by atoms with E-state index in [-0.39, 0.29) is 5.92 Å². The fourth-order valence-electron chi connectivity index (χ4n) is 3.64. The summed E-state index contributed by atoms with van der Waals surface area (Å²) in [5.41, 5.74) is 1.39. The van der Waals surface area contributed by atoms with Crippen LogP contribution in [0.2, 0.25) is 0 Å². The second-order valence-electron chi connectivity index (χ2n) is 9.75. The molecular formula is C26H38N4O6. The molecule has 0 aliphatic carbocycles. The average molecular weight is 503 g/mol. The van der Waals surface area contributed by atoms with Gasteiger partial charge in [-0.3, -0.25) is 14.4 Å². The number of amides is 3. The molecule has 0 radical (unpaired) electrons. The van der Waals surface area contributed by atoms with Crippen LogP contribution in [0, 0.1) is 31.1 Å². The lowest BCUT2D eigenvalue weighted by atomic mass is 9.94. The fourth-order valence-corrected chi connectivity index (χ4v) is 3.64. The number of ether oxygens (including phenoxy) is 2. The highest BCUT2D eigenvalue weighted by Gasteiger charge is 2.38. The fraction of sp³-hybridized carbons (Fsp3) is 0.577. The Balaban J connectivity index is 3.53. The van der Waals surface area contributed by atoms with Gasteiger partial charge in [-0.05, 0) is 46.1 Å². The lowest BCUT2D eigenvalue weighted by Crippen LogP contribution is -2.55.